The Balaban J connectivity index is 1.49. The van der Waals surface area contributed by atoms with Gasteiger partial charge in [0.15, 0.2) is 6.61 Å². The van der Waals surface area contributed by atoms with Crippen LogP contribution >= 0.6 is 34.5 Å². The molecule has 10 heteroatoms. The van der Waals surface area contributed by atoms with Crippen LogP contribution in [0, 0.1) is 0 Å². The van der Waals surface area contributed by atoms with Crippen molar-refractivity contribution in [2.45, 2.75) is 0 Å². The SMILES string of the molecule is COc1ccccc1-c1csc2nc(NC(=O)COc3ccc(Cl)cc3Cl)nn12. The number of carbonyl (C=O) groups excluding carboxylic acids is 1. The fourth-order valence-corrected chi connectivity index (χ4v) is 3.96. The topological polar surface area (TPSA) is 77.8 Å². The number of hydrogen-bond donors (Lipinski definition) is 1. The highest BCUT2D eigenvalue weighted by Crippen LogP contribution is 2.32. The van der Waals surface area contributed by atoms with E-state index >= 15 is 0 Å². The third-order valence-electron chi connectivity index (χ3n) is 3.97. The second kappa shape index (κ2) is 8.28. The van der Waals surface area contributed by atoms with E-state index in [0.29, 0.717) is 20.8 Å². The number of hydrogen-bond acceptors (Lipinski definition) is 6. The number of thiazole rings is 1. The molecule has 0 aliphatic heterocycles. The van der Waals surface area contributed by atoms with E-state index in [-0.39, 0.29) is 12.6 Å². The molecule has 4 rings (SSSR count). The van der Waals surface area contributed by atoms with Crippen LogP contribution in [0.1, 0.15) is 0 Å². The summed E-state index contributed by atoms with van der Waals surface area (Å²) >= 11 is 13.3. The van der Waals surface area contributed by atoms with E-state index in [1.807, 2.05) is 29.6 Å². The molecule has 0 spiro atoms. The zero-order valence-corrected chi connectivity index (χ0v) is 17.4. The Kier molecular flexibility index (Phi) is 5.57. The van der Waals surface area contributed by atoms with E-state index in [1.54, 1.807) is 29.8 Å². The van der Waals surface area contributed by atoms with E-state index < -0.39 is 5.91 Å². The Bertz CT molecular complexity index is 1190. The van der Waals surface area contributed by atoms with Crippen LogP contribution in [0.5, 0.6) is 11.5 Å². The molecule has 4 aromatic rings. The normalized spacial score (nSPS) is 10.9. The van der Waals surface area contributed by atoms with E-state index in [9.17, 15) is 4.79 Å². The van der Waals surface area contributed by atoms with Gasteiger partial charge >= 0.3 is 0 Å². The van der Waals surface area contributed by atoms with Crippen molar-refractivity contribution in [3.8, 4) is 22.8 Å². The van der Waals surface area contributed by atoms with Crippen molar-refractivity contribution >= 4 is 51.4 Å². The van der Waals surface area contributed by atoms with Gasteiger partial charge in [0.1, 0.15) is 11.5 Å². The number of aromatic nitrogens is 3. The molecule has 1 N–H and O–H groups in total. The molecule has 7 nitrogen and oxygen atoms in total. The standard InChI is InChI=1S/C19H14Cl2N4O3S/c1-27-15-5-3-2-4-12(15)14-10-29-19-23-18(24-25(14)19)22-17(26)9-28-16-7-6-11(20)8-13(16)21/h2-8,10H,9H2,1H3,(H,22,24,26). The second-order valence-corrected chi connectivity index (χ2v) is 7.54. The summed E-state index contributed by atoms with van der Waals surface area (Å²) < 4.78 is 12.5. The lowest BCUT2D eigenvalue weighted by Crippen LogP contribution is -2.21. The summed E-state index contributed by atoms with van der Waals surface area (Å²) in [6.45, 7) is -0.242. The van der Waals surface area contributed by atoms with E-state index in [0.717, 1.165) is 17.0 Å². The molecule has 0 fully saturated rings. The first-order valence-corrected chi connectivity index (χ1v) is 10.0. The number of nitrogens with zero attached hydrogens (tertiary/aromatic N) is 3. The summed E-state index contributed by atoms with van der Waals surface area (Å²) in [6, 6.07) is 12.4. The number of halogens is 2. The zero-order valence-electron chi connectivity index (χ0n) is 15.1. The second-order valence-electron chi connectivity index (χ2n) is 5.86. The van der Waals surface area contributed by atoms with Crippen molar-refractivity contribution in [2.75, 3.05) is 19.0 Å². The smallest absolute Gasteiger partial charge is 0.264 e. The highest BCUT2D eigenvalue weighted by molar-refractivity contribution is 7.15. The highest BCUT2D eigenvalue weighted by Gasteiger charge is 2.16. The summed E-state index contributed by atoms with van der Waals surface area (Å²) in [4.78, 5) is 17.2. The van der Waals surface area contributed by atoms with Crippen molar-refractivity contribution in [1.29, 1.82) is 0 Å². The molecular weight excluding hydrogens is 435 g/mol. The molecule has 0 bridgehead atoms. The lowest BCUT2D eigenvalue weighted by molar-refractivity contribution is -0.118. The minimum Gasteiger partial charge on any atom is -0.496 e. The Labute approximate surface area is 179 Å². The molecule has 0 atom stereocenters. The first-order chi connectivity index (χ1) is 14.0. The zero-order chi connectivity index (χ0) is 20.4. The van der Waals surface area contributed by atoms with Gasteiger partial charge in [-0.15, -0.1) is 16.4 Å². The van der Waals surface area contributed by atoms with E-state index in [2.05, 4.69) is 15.4 Å². The summed E-state index contributed by atoms with van der Waals surface area (Å²) in [5.41, 5.74) is 1.70. The number of anilines is 1. The average molecular weight is 449 g/mol. The fourth-order valence-electron chi connectivity index (χ4n) is 2.67. The highest BCUT2D eigenvalue weighted by atomic mass is 35.5. The predicted molar refractivity (Wildman–Crippen MR) is 113 cm³/mol. The van der Waals surface area contributed by atoms with Gasteiger partial charge in [0.2, 0.25) is 4.96 Å². The minimum atomic E-state index is -0.409. The van der Waals surface area contributed by atoms with Crippen LogP contribution in [0.3, 0.4) is 0 Å². The molecule has 0 saturated heterocycles. The molecule has 0 unspecified atom stereocenters. The van der Waals surface area contributed by atoms with Crippen LogP contribution in [0.4, 0.5) is 5.95 Å². The summed E-state index contributed by atoms with van der Waals surface area (Å²) in [5, 5.41) is 9.75. The number of nitrogens with one attached hydrogen (secondary N) is 1. The average Bonchev–Trinajstić information content (AvgIpc) is 3.27. The summed E-state index contributed by atoms with van der Waals surface area (Å²) in [5.74, 6) is 0.863. The molecule has 2 aromatic heterocycles. The molecule has 0 saturated carbocycles. The van der Waals surface area contributed by atoms with Gasteiger partial charge in [-0.1, -0.05) is 35.3 Å². The van der Waals surface area contributed by atoms with Crippen LogP contribution < -0.4 is 14.8 Å². The third kappa shape index (κ3) is 4.14. The predicted octanol–water partition coefficient (Wildman–Crippen LogP) is 4.79. The maximum Gasteiger partial charge on any atom is 0.264 e. The molecule has 148 valence electrons. The summed E-state index contributed by atoms with van der Waals surface area (Å²) in [7, 11) is 1.61. The van der Waals surface area contributed by atoms with Gasteiger partial charge in [-0.25, -0.2) is 4.52 Å². The quantitative estimate of drug-likeness (QED) is 0.458. The van der Waals surface area contributed by atoms with Gasteiger partial charge in [-0.05, 0) is 30.3 Å². The number of carbonyl (C=O) groups is 1. The Morgan fingerprint density at radius 3 is 2.83 bits per heavy atom. The van der Waals surface area contributed by atoms with Crippen LogP contribution in [-0.4, -0.2) is 34.2 Å². The molecule has 0 radical (unpaired) electrons. The van der Waals surface area contributed by atoms with Gasteiger partial charge in [-0.3, -0.25) is 10.1 Å². The Morgan fingerprint density at radius 1 is 1.21 bits per heavy atom. The number of methoxy groups -OCH3 is 1. The number of rotatable bonds is 6. The van der Waals surface area contributed by atoms with Gasteiger partial charge in [0.05, 0.1) is 17.8 Å². The number of fused-ring (bicyclic) bond motifs is 1. The number of benzene rings is 2. The first-order valence-electron chi connectivity index (χ1n) is 8.40. The summed E-state index contributed by atoms with van der Waals surface area (Å²) in [6.07, 6.45) is 0. The maximum atomic E-state index is 12.2. The van der Waals surface area contributed by atoms with Crippen LogP contribution in [0.25, 0.3) is 16.2 Å². The maximum absolute atomic E-state index is 12.2. The molecule has 29 heavy (non-hydrogen) atoms. The fraction of sp³-hybridized carbons (Fsp3) is 0.105. The molecule has 2 aromatic carbocycles. The molecule has 2 heterocycles. The van der Waals surface area contributed by atoms with Gasteiger partial charge in [0.25, 0.3) is 11.9 Å². The van der Waals surface area contributed by atoms with E-state index in [4.69, 9.17) is 32.7 Å². The Hall–Kier alpha value is -2.81. The monoisotopic (exact) mass is 448 g/mol. The third-order valence-corrected chi connectivity index (χ3v) is 5.32. The van der Waals surface area contributed by atoms with Crippen molar-refractivity contribution in [2.24, 2.45) is 0 Å². The molecule has 1 amide bonds. The van der Waals surface area contributed by atoms with Crippen molar-refractivity contribution in [1.82, 2.24) is 14.6 Å². The van der Waals surface area contributed by atoms with Gasteiger partial charge < -0.3 is 9.47 Å². The van der Waals surface area contributed by atoms with Crippen molar-refractivity contribution in [3.05, 3.63) is 57.9 Å². The number of ether oxygens (including phenoxy) is 2. The van der Waals surface area contributed by atoms with Crippen LogP contribution in [0.15, 0.2) is 47.8 Å². The molecule has 0 aliphatic rings. The number of amides is 1. The van der Waals surface area contributed by atoms with Crippen LogP contribution in [0.2, 0.25) is 10.0 Å². The van der Waals surface area contributed by atoms with Gasteiger partial charge in [0, 0.05) is 16.0 Å². The van der Waals surface area contributed by atoms with Crippen LogP contribution in [-0.2, 0) is 4.79 Å². The molecule has 0 aliphatic carbocycles. The Morgan fingerprint density at radius 2 is 2.03 bits per heavy atom. The molecular formula is C19H14Cl2N4O3S. The first kappa shape index (κ1) is 19.5. The van der Waals surface area contributed by atoms with Gasteiger partial charge in [-0.2, -0.15) is 4.98 Å². The lowest BCUT2D eigenvalue weighted by atomic mass is 10.1. The largest absolute Gasteiger partial charge is 0.496 e. The van der Waals surface area contributed by atoms with E-state index in [1.165, 1.54) is 11.3 Å². The minimum absolute atomic E-state index is 0.184. The van der Waals surface area contributed by atoms with Crippen molar-refractivity contribution < 1.29 is 14.3 Å². The number of para-hydroxylation sites is 1. The lowest BCUT2D eigenvalue weighted by Gasteiger charge is -2.07. The van der Waals surface area contributed by atoms with Crippen molar-refractivity contribution in [3.63, 3.8) is 0 Å².